The quantitative estimate of drug-likeness (QED) is 0.621. The van der Waals surface area contributed by atoms with Gasteiger partial charge in [0.15, 0.2) is 0 Å². The number of amides is 1. The highest BCUT2D eigenvalue weighted by Gasteiger charge is 2.33. The van der Waals surface area contributed by atoms with Crippen LogP contribution < -0.4 is 10.1 Å². The molecule has 31 heavy (non-hydrogen) atoms. The van der Waals surface area contributed by atoms with E-state index in [4.69, 9.17) is 4.74 Å². The summed E-state index contributed by atoms with van der Waals surface area (Å²) in [5, 5.41) is 3.15. The van der Waals surface area contributed by atoms with Crippen molar-refractivity contribution < 1.29 is 9.53 Å². The second-order valence-electron chi connectivity index (χ2n) is 7.76. The summed E-state index contributed by atoms with van der Waals surface area (Å²) in [6.07, 6.45) is 10.0. The molecule has 8 heteroatoms. The van der Waals surface area contributed by atoms with Crippen LogP contribution in [0.5, 0.6) is 6.01 Å². The Hall–Kier alpha value is -3.55. The van der Waals surface area contributed by atoms with Gasteiger partial charge in [-0.2, -0.15) is 4.98 Å². The summed E-state index contributed by atoms with van der Waals surface area (Å²) < 4.78 is 5.05. The summed E-state index contributed by atoms with van der Waals surface area (Å²) in [7, 11) is 3.40. The van der Waals surface area contributed by atoms with Crippen molar-refractivity contribution in [3.8, 4) is 17.1 Å². The van der Waals surface area contributed by atoms with Crippen LogP contribution >= 0.6 is 0 Å². The highest BCUT2D eigenvalue weighted by atomic mass is 16.5. The van der Waals surface area contributed by atoms with E-state index in [9.17, 15) is 4.79 Å². The minimum absolute atomic E-state index is 0.00869. The van der Waals surface area contributed by atoms with Crippen LogP contribution in [-0.2, 0) is 0 Å². The summed E-state index contributed by atoms with van der Waals surface area (Å²) in [5.41, 5.74) is 2.34. The van der Waals surface area contributed by atoms with Crippen LogP contribution in [0.2, 0.25) is 0 Å². The number of methoxy groups -OCH3 is 1. The number of carbonyl (C=O) groups excluding carboxylic acids is 1. The molecule has 8 nitrogen and oxygen atoms in total. The van der Waals surface area contributed by atoms with Gasteiger partial charge >= 0.3 is 6.01 Å². The van der Waals surface area contributed by atoms with Gasteiger partial charge < -0.3 is 15.0 Å². The fourth-order valence-corrected chi connectivity index (χ4v) is 3.75. The van der Waals surface area contributed by atoms with Crippen LogP contribution in [0.4, 0.5) is 11.6 Å². The standard InChI is InChI=1S/C23H26N6O2/c1-4-15-9-19(10-15)29(2)22(30)18-11-17(13-24-14-18)16-5-7-25-21(12-16)27-20-6-8-26-23(28-20)31-3/h5-8,11-15,19H,4,9-10H2,1-3H3,(H,25,26,27,28). The van der Waals surface area contributed by atoms with Crippen LogP contribution in [0.3, 0.4) is 0 Å². The molecule has 3 aromatic heterocycles. The zero-order valence-corrected chi connectivity index (χ0v) is 17.9. The number of aromatic nitrogens is 4. The lowest BCUT2D eigenvalue weighted by Crippen LogP contribution is -2.45. The molecule has 3 aromatic rings. The first-order valence-corrected chi connectivity index (χ1v) is 10.4. The van der Waals surface area contributed by atoms with Crippen molar-refractivity contribution in [1.29, 1.82) is 0 Å². The molecule has 0 bridgehead atoms. The number of anilines is 2. The summed E-state index contributed by atoms with van der Waals surface area (Å²) >= 11 is 0. The normalized spacial score (nSPS) is 17.5. The maximum Gasteiger partial charge on any atom is 0.318 e. The van der Waals surface area contributed by atoms with Gasteiger partial charge in [0, 0.05) is 43.4 Å². The molecule has 0 aromatic carbocycles. The van der Waals surface area contributed by atoms with Crippen molar-refractivity contribution >= 4 is 17.5 Å². The van der Waals surface area contributed by atoms with E-state index >= 15 is 0 Å². The third-order valence-corrected chi connectivity index (χ3v) is 5.81. The number of ether oxygens (including phenoxy) is 1. The number of hydrogen-bond donors (Lipinski definition) is 1. The number of nitrogens with one attached hydrogen (secondary N) is 1. The molecule has 0 saturated heterocycles. The molecule has 1 amide bonds. The number of pyridine rings is 2. The highest BCUT2D eigenvalue weighted by molar-refractivity contribution is 5.95. The van der Waals surface area contributed by atoms with E-state index < -0.39 is 0 Å². The van der Waals surface area contributed by atoms with Gasteiger partial charge in [0.25, 0.3) is 5.91 Å². The lowest BCUT2D eigenvalue weighted by Gasteiger charge is -2.41. The minimum Gasteiger partial charge on any atom is -0.467 e. The third-order valence-electron chi connectivity index (χ3n) is 5.81. The summed E-state index contributed by atoms with van der Waals surface area (Å²) in [4.78, 5) is 31.7. The summed E-state index contributed by atoms with van der Waals surface area (Å²) in [6.45, 7) is 2.20. The maximum atomic E-state index is 13.0. The molecular weight excluding hydrogens is 392 g/mol. The first-order chi connectivity index (χ1) is 15.1. The van der Waals surface area contributed by atoms with Crippen LogP contribution in [0.1, 0.15) is 36.5 Å². The monoisotopic (exact) mass is 418 g/mol. The highest BCUT2D eigenvalue weighted by Crippen LogP contribution is 2.34. The van der Waals surface area contributed by atoms with Crippen molar-refractivity contribution in [2.45, 2.75) is 32.2 Å². The van der Waals surface area contributed by atoms with E-state index in [0.29, 0.717) is 23.2 Å². The molecule has 160 valence electrons. The SMILES string of the molecule is CCC1CC(N(C)C(=O)c2cncc(-c3ccnc(Nc4ccnc(OC)n4)c3)c2)C1. The Labute approximate surface area is 181 Å². The van der Waals surface area contributed by atoms with Crippen molar-refractivity contribution in [2.75, 3.05) is 19.5 Å². The van der Waals surface area contributed by atoms with E-state index in [2.05, 4.69) is 32.2 Å². The first-order valence-electron chi connectivity index (χ1n) is 10.4. The summed E-state index contributed by atoms with van der Waals surface area (Å²) in [6, 6.07) is 7.99. The molecule has 1 aliphatic rings. The van der Waals surface area contributed by atoms with Gasteiger partial charge in [-0.25, -0.2) is 9.97 Å². The molecule has 4 rings (SSSR count). The number of nitrogens with zero attached hydrogens (tertiary/aromatic N) is 5. The average Bonchev–Trinajstić information content (AvgIpc) is 2.78. The topological polar surface area (TPSA) is 93.1 Å². The molecule has 0 radical (unpaired) electrons. The average molecular weight is 419 g/mol. The number of hydrogen-bond acceptors (Lipinski definition) is 7. The fraction of sp³-hybridized carbons (Fsp3) is 0.348. The molecule has 1 saturated carbocycles. The Balaban J connectivity index is 1.51. The number of rotatable bonds is 7. The molecule has 1 N–H and O–H groups in total. The first kappa shape index (κ1) is 20.7. The van der Waals surface area contributed by atoms with Crippen molar-refractivity contribution in [3.63, 3.8) is 0 Å². The zero-order chi connectivity index (χ0) is 21.8. The second-order valence-corrected chi connectivity index (χ2v) is 7.76. The molecule has 0 unspecified atom stereocenters. The largest absolute Gasteiger partial charge is 0.467 e. The Morgan fingerprint density at radius 2 is 1.94 bits per heavy atom. The van der Waals surface area contributed by atoms with Crippen LogP contribution in [-0.4, -0.2) is 50.9 Å². The van der Waals surface area contributed by atoms with Gasteiger partial charge in [-0.05, 0) is 48.6 Å². The van der Waals surface area contributed by atoms with E-state index in [1.165, 1.54) is 13.5 Å². The molecule has 0 spiro atoms. The van der Waals surface area contributed by atoms with Crippen molar-refractivity contribution in [2.24, 2.45) is 5.92 Å². The molecule has 0 atom stereocenters. The lowest BCUT2D eigenvalue weighted by atomic mass is 9.78. The zero-order valence-electron chi connectivity index (χ0n) is 17.9. The lowest BCUT2D eigenvalue weighted by molar-refractivity contribution is 0.0543. The van der Waals surface area contributed by atoms with Crippen LogP contribution in [0.15, 0.2) is 49.1 Å². The van der Waals surface area contributed by atoms with E-state index in [1.807, 2.05) is 30.1 Å². The second kappa shape index (κ2) is 9.07. The van der Waals surface area contributed by atoms with E-state index in [0.717, 1.165) is 29.9 Å². The van der Waals surface area contributed by atoms with Crippen LogP contribution in [0.25, 0.3) is 11.1 Å². The molecular formula is C23H26N6O2. The molecule has 0 aliphatic heterocycles. The van der Waals surface area contributed by atoms with Gasteiger partial charge in [0.1, 0.15) is 11.6 Å². The Morgan fingerprint density at radius 1 is 1.13 bits per heavy atom. The van der Waals surface area contributed by atoms with Gasteiger partial charge in [0.2, 0.25) is 0 Å². The Bertz CT molecular complexity index is 1070. The Kier molecular flexibility index (Phi) is 6.06. The van der Waals surface area contributed by atoms with Gasteiger partial charge in [0.05, 0.1) is 12.7 Å². The Morgan fingerprint density at radius 3 is 2.71 bits per heavy atom. The minimum atomic E-state index is 0.00869. The van der Waals surface area contributed by atoms with Crippen LogP contribution in [0, 0.1) is 5.92 Å². The number of carbonyl (C=O) groups is 1. The van der Waals surface area contributed by atoms with Gasteiger partial charge in [-0.3, -0.25) is 9.78 Å². The van der Waals surface area contributed by atoms with Crippen molar-refractivity contribution in [1.82, 2.24) is 24.8 Å². The predicted molar refractivity (Wildman–Crippen MR) is 118 cm³/mol. The maximum absolute atomic E-state index is 13.0. The van der Waals surface area contributed by atoms with E-state index in [-0.39, 0.29) is 11.9 Å². The van der Waals surface area contributed by atoms with Crippen molar-refractivity contribution in [3.05, 3.63) is 54.6 Å². The van der Waals surface area contributed by atoms with Gasteiger partial charge in [-0.1, -0.05) is 13.3 Å². The van der Waals surface area contributed by atoms with E-state index in [1.54, 1.807) is 30.9 Å². The predicted octanol–water partition coefficient (Wildman–Crippen LogP) is 3.95. The van der Waals surface area contributed by atoms with Gasteiger partial charge in [-0.15, -0.1) is 0 Å². The fourth-order valence-electron chi connectivity index (χ4n) is 3.75. The molecule has 3 heterocycles. The molecule has 1 aliphatic carbocycles. The third kappa shape index (κ3) is 4.63. The smallest absolute Gasteiger partial charge is 0.318 e. The molecule has 1 fully saturated rings. The summed E-state index contributed by atoms with van der Waals surface area (Å²) in [5.74, 6) is 1.94.